The number of aliphatic hydroxyl groups excluding tert-OH is 6. The number of rotatable bonds is 1. The highest BCUT2D eigenvalue weighted by Gasteiger charge is 2.91. The zero-order valence-electron chi connectivity index (χ0n) is 62.9. The highest BCUT2D eigenvalue weighted by molar-refractivity contribution is 5.39. The van der Waals surface area contributed by atoms with E-state index < -0.39 is 23.8 Å². The summed E-state index contributed by atoms with van der Waals surface area (Å²) in [5, 5.41) is 63.2. The molecule has 34 atom stereocenters. The summed E-state index contributed by atoms with van der Waals surface area (Å²) in [6.45, 7) is 26.7. The first-order chi connectivity index (χ1) is 48.1. The predicted octanol–water partition coefficient (Wildman–Crippen LogP) is 15.5. The van der Waals surface area contributed by atoms with Crippen LogP contribution in [0.25, 0.3) is 0 Å². The second-order valence-electron chi connectivity index (χ2n) is 42.2. The van der Waals surface area contributed by atoms with Gasteiger partial charge in [-0.3, -0.25) is 0 Å². The maximum absolute atomic E-state index is 11.4. The molecule has 13 nitrogen and oxygen atoms in total. The summed E-state index contributed by atoms with van der Waals surface area (Å²) < 4.78 is 45.8. The summed E-state index contributed by atoms with van der Waals surface area (Å²) in [4.78, 5) is 0. The van der Waals surface area contributed by atoms with Crippen LogP contribution < -0.4 is 0 Å². The molecule has 24 rings (SSSR count). The van der Waals surface area contributed by atoms with Gasteiger partial charge in [0.1, 0.15) is 11.2 Å². The second kappa shape index (κ2) is 22.1. The molecule has 564 valence electrons. The topological polar surface area (TPSA) is 186 Å². The third kappa shape index (κ3) is 8.16. The van der Waals surface area contributed by atoms with Crippen molar-refractivity contribution < 1.29 is 63.8 Å². The molecule has 0 radical (unpaired) electrons. The van der Waals surface area contributed by atoms with Crippen LogP contribution in [0.5, 0.6) is 0 Å². The van der Waals surface area contributed by atoms with Crippen LogP contribution in [0.4, 0.5) is 0 Å². The van der Waals surface area contributed by atoms with Crippen LogP contribution in [0.3, 0.4) is 0 Å². The molecular weight excluding hydrogens is 1280 g/mol. The van der Waals surface area contributed by atoms with E-state index in [0.717, 1.165) is 126 Å². The van der Waals surface area contributed by atoms with Gasteiger partial charge >= 0.3 is 0 Å². The Morgan fingerprint density at radius 3 is 1.34 bits per heavy atom. The highest BCUT2D eigenvalue weighted by Crippen LogP contribution is 2.86. The zero-order chi connectivity index (χ0) is 69.5. The lowest BCUT2D eigenvalue weighted by atomic mass is 9.41. The molecule has 24 aliphatic rings. The number of aliphatic hydroxyl groups is 6. The first kappa shape index (κ1) is 69.4. The first-order valence-corrected chi connectivity index (χ1v) is 42.2. The molecule has 7 heterocycles. The Balaban J connectivity index is 0.0000000910. The van der Waals surface area contributed by atoms with E-state index in [4.69, 9.17) is 33.2 Å². The Labute approximate surface area is 610 Å². The lowest BCUT2D eigenvalue weighted by Gasteiger charge is -2.66. The van der Waals surface area contributed by atoms with Gasteiger partial charge in [-0.2, -0.15) is 0 Å². The van der Waals surface area contributed by atoms with E-state index in [2.05, 4.69) is 93.2 Å². The van der Waals surface area contributed by atoms with Gasteiger partial charge in [0.25, 0.3) is 0 Å². The molecule has 102 heavy (non-hydrogen) atoms. The normalized spacial score (nSPS) is 60.7. The summed E-state index contributed by atoms with van der Waals surface area (Å²) in [7, 11) is 0. The van der Waals surface area contributed by atoms with Crippen molar-refractivity contribution in [1.82, 2.24) is 0 Å². The molecule has 0 aromatic heterocycles. The van der Waals surface area contributed by atoms with Crippen molar-refractivity contribution in [2.45, 2.75) is 353 Å². The second-order valence-corrected chi connectivity index (χ2v) is 42.2. The highest BCUT2D eigenvalue weighted by atomic mass is 16.8. The van der Waals surface area contributed by atoms with Crippen molar-refractivity contribution in [1.29, 1.82) is 0 Å². The quantitative estimate of drug-likeness (QED) is 0.136. The van der Waals surface area contributed by atoms with E-state index in [0.29, 0.717) is 82.6 Å². The lowest BCUT2D eigenvalue weighted by Crippen LogP contribution is -2.72. The van der Waals surface area contributed by atoms with Crippen LogP contribution in [-0.2, 0) is 33.2 Å². The van der Waals surface area contributed by atoms with E-state index in [1.807, 2.05) is 0 Å². The molecular formula is C89H130O13. The SMILES string of the molecule is C.C=C(C)C1CCC2C3CC=C4CC(O)CCC4(C)C3CCC12C.CC12CCC(O)CC1=CCC1C2CCC2(C)C3C4COC3OC12C(O)O4.CC12CCC(O)CC1=CCC1C2CCC2(C)C3C4OC(O)C12OC3C41CC1.CC12CCC(O)CC1=CCC1C2CCC2(C)C3C4OC12OC3C41CC1. The first-order valence-electron chi connectivity index (χ1n) is 42.2. The summed E-state index contributed by atoms with van der Waals surface area (Å²) in [6.07, 6.45) is 42.5. The zero-order valence-corrected chi connectivity index (χ0v) is 62.9. The molecule has 13 saturated carbocycles. The molecule has 0 aromatic carbocycles. The number of ether oxygens (including phenoxy) is 7. The molecule has 6 N–H and O–H groups in total. The van der Waals surface area contributed by atoms with Gasteiger partial charge in [0.2, 0.25) is 0 Å². The van der Waals surface area contributed by atoms with Crippen LogP contribution in [0, 0.1) is 131 Å². The van der Waals surface area contributed by atoms with Crippen LogP contribution in [0.15, 0.2) is 58.7 Å². The van der Waals surface area contributed by atoms with Crippen LogP contribution in [-0.4, -0.2) is 128 Å². The Hall–Kier alpha value is -1.82. The fourth-order valence-electron chi connectivity index (χ4n) is 33.5. The molecule has 7 saturated heterocycles. The molecule has 13 heteroatoms. The predicted molar refractivity (Wildman–Crippen MR) is 387 cm³/mol. The number of hydrogen-bond acceptors (Lipinski definition) is 13. The summed E-state index contributed by atoms with van der Waals surface area (Å²) in [5.74, 6) is 7.22. The molecule has 7 aliphatic heterocycles. The van der Waals surface area contributed by atoms with Crippen molar-refractivity contribution in [3.63, 3.8) is 0 Å². The third-order valence-corrected chi connectivity index (χ3v) is 39.2. The Bertz CT molecular complexity index is 3590. The average Bonchev–Trinajstić information content (AvgIpc) is 1.45. The molecule has 34 unspecified atom stereocenters. The summed E-state index contributed by atoms with van der Waals surface area (Å²) >= 11 is 0. The number of allylic oxidation sites excluding steroid dienone is 5. The van der Waals surface area contributed by atoms with Gasteiger partial charge < -0.3 is 63.8 Å². The van der Waals surface area contributed by atoms with Gasteiger partial charge in [-0.05, 0) is 268 Å². The van der Waals surface area contributed by atoms with Crippen molar-refractivity contribution in [2.75, 3.05) is 6.61 Å². The molecule has 2 spiro atoms. The van der Waals surface area contributed by atoms with E-state index in [9.17, 15) is 30.6 Å². The maximum atomic E-state index is 11.4. The van der Waals surface area contributed by atoms with Gasteiger partial charge in [-0.15, -0.1) is 0 Å². The lowest BCUT2D eigenvalue weighted by molar-refractivity contribution is -0.386. The van der Waals surface area contributed by atoms with Crippen LogP contribution in [0.1, 0.15) is 262 Å². The van der Waals surface area contributed by atoms with Crippen molar-refractivity contribution in [3.8, 4) is 0 Å². The molecule has 20 fully saturated rings. The van der Waals surface area contributed by atoms with Crippen molar-refractivity contribution in [3.05, 3.63) is 58.7 Å². The van der Waals surface area contributed by atoms with Gasteiger partial charge in [0, 0.05) is 62.6 Å². The standard InChI is InChI=1S/C23H32O4.C22H30O3.C22H34O.C21H30O5.CH4/c1-20-7-5-13(24)11-12(20)3-4-15-14(20)6-8-21(2)16-17-22(9-10-22)18(16)27-23(15,21)19(25)26-17;1-19-7-5-13(23)11-12(19)3-4-15-14(19)6-8-20(2)16-17-21(9-10-21)18(16)25-22(15,20)24-17;1-14(2)18-7-8-19-17-6-5-15-13-16(23)9-11-21(15,3)20(17)10-12-22(18,19)4;1-19-7-5-12(22)9-11(19)3-4-14-13(19)6-8-20(2)16-15-10-24-17(16)26-21(14,20)18(23)25-15;/h3,13-19,24-25H,4-11H2,1-2H3;3,13-18,23H,4-11H2,1-2H3;5,16-20,23H,1,6-13H2,2-4H3;3,12-18,22-23H,4-10H2,1-2H3;1H4. The number of fused-ring (bicyclic) bond motifs is 18. The molecule has 17 aliphatic carbocycles. The summed E-state index contributed by atoms with van der Waals surface area (Å²) in [6, 6.07) is 0. The Morgan fingerprint density at radius 1 is 0.402 bits per heavy atom. The van der Waals surface area contributed by atoms with Crippen molar-refractivity contribution in [2.24, 2.45) is 131 Å². The minimum absolute atomic E-state index is 0. The molecule has 0 aromatic rings. The average molecular weight is 1410 g/mol. The molecule has 6 bridgehead atoms. The number of hydrogen-bond donors (Lipinski definition) is 6. The maximum Gasteiger partial charge on any atom is 0.185 e. The monoisotopic (exact) mass is 1410 g/mol. The van der Waals surface area contributed by atoms with Crippen molar-refractivity contribution >= 4 is 0 Å². The third-order valence-electron chi connectivity index (χ3n) is 39.2. The van der Waals surface area contributed by atoms with Crippen LogP contribution >= 0.6 is 0 Å². The van der Waals surface area contributed by atoms with E-state index in [1.54, 1.807) is 5.57 Å². The largest absolute Gasteiger partial charge is 0.393 e. The van der Waals surface area contributed by atoms with Crippen LogP contribution in [0.2, 0.25) is 0 Å². The minimum atomic E-state index is -0.872. The Kier molecular flexibility index (Phi) is 15.0. The Morgan fingerprint density at radius 2 is 0.824 bits per heavy atom. The van der Waals surface area contributed by atoms with Gasteiger partial charge in [0.05, 0.1) is 61.5 Å². The summed E-state index contributed by atoms with van der Waals surface area (Å²) in [5.41, 5.74) is 8.51. The fraction of sp³-hybridized carbons (Fsp3) is 0.888. The minimum Gasteiger partial charge on any atom is -0.393 e. The smallest absolute Gasteiger partial charge is 0.185 e. The van der Waals surface area contributed by atoms with Gasteiger partial charge in [-0.25, -0.2) is 0 Å². The van der Waals surface area contributed by atoms with E-state index >= 15 is 0 Å². The van der Waals surface area contributed by atoms with Gasteiger partial charge in [-0.1, -0.05) is 122 Å². The van der Waals surface area contributed by atoms with E-state index in [-0.39, 0.29) is 106 Å². The van der Waals surface area contributed by atoms with E-state index in [1.165, 1.54) is 112 Å². The van der Waals surface area contributed by atoms with Gasteiger partial charge in [0.15, 0.2) is 24.7 Å². The fourth-order valence-corrected chi connectivity index (χ4v) is 33.5. The molecule has 0 amide bonds.